The number of nitrogens with two attached hydrogens (primary N) is 1. The normalized spacial score (nSPS) is 20.7. The van der Waals surface area contributed by atoms with Crippen LogP contribution >= 0.6 is 36.4 Å². The fourth-order valence-corrected chi connectivity index (χ4v) is 4.84. The number of hydrogen-bond acceptors (Lipinski definition) is 7. The Bertz CT molecular complexity index is 1050. The van der Waals surface area contributed by atoms with E-state index >= 15 is 0 Å². The average molecular weight is 514 g/mol. The smallest absolute Gasteiger partial charge is 0.227 e. The standard InChI is InChI=1S/C22H29ClN8.2ClH/c23-17-7-3-4-8-18(17)29-30-20-19-21(31(13-25-19)16-5-1-2-6-16)28-22(27-20)26-15-11-9-14(24)10-12-15;;/h3-4,7-8,13-16,29H,1-2,5-6,9-12,24H2,(H2,26,27,28,30);2*1H/t14-,15-;;. The van der Waals surface area contributed by atoms with Crippen molar-refractivity contribution in [2.24, 2.45) is 5.73 Å². The maximum absolute atomic E-state index is 6.29. The van der Waals surface area contributed by atoms with Gasteiger partial charge in [0.05, 0.1) is 17.0 Å². The molecule has 0 amide bonds. The van der Waals surface area contributed by atoms with E-state index in [-0.39, 0.29) is 24.8 Å². The van der Waals surface area contributed by atoms with Crippen molar-refractivity contribution in [3.8, 4) is 0 Å². The fraction of sp³-hybridized carbons (Fsp3) is 0.500. The number of imidazole rings is 1. The van der Waals surface area contributed by atoms with Crippen LogP contribution in [0.4, 0.5) is 17.5 Å². The molecule has 180 valence electrons. The van der Waals surface area contributed by atoms with Gasteiger partial charge in [-0.15, -0.1) is 24.8 Å². The Balaban J connectivity index is 0.00000153. The van der Waals surface area contributed by atoms with E-state index in [9.17, 15) is 0 Å². The third kappa shape index (κ3) is 5.74. The molecular formula is C22H31Cl3N8. The van der Waals surface area contributed by atoms with Crippen molar-refractivity contribution >= 4 is 65.0 Å². The molecule has 2 aliphatic rings. The van der Waals surface area contributed by atoms with E-state index in [1.807, 2.05) is 30.6 Å². The SMILES string of the molecule is Cl.Cl.N[C@H]1CC[C@H](Nc2nc(NNc3ccccc3Cl)c3ncn(C4CCCC4)c3n2)CC1. The lowest BCUT2D eigenvalue weighted by Crippen LogP contribution is -2.33. The summed E-state index contributed by atoms with van der Waals surface area (Å²) in [6.07, 6.45) is 10.9. The lowest BCUT2D eigenvalue weighted by Gasteiger charge is -2.27. The molecule has 5 rings (SSSR count). The van der Waals surface area contributed by atoms with Gasteiger partial charge in [0.25, 0.3) is 0 Å². The number of halogens is 3. The van der Waals surface area contributed by atoms with Crippen molar-refractivity contribution < 1.29 is 0 Å². The molecule has 33 heavy (non-hydrogen) atoms. The van der Waals surface area contributed by atoms with Gasteiger partial charge in [-0.3, -0.25) is 10.9 Å². The van der Waals surface area contributed by atoms with Crippen LogP contribution in [0, 0.1) is 0 Å². The van der Waals surface area contributed by atoms with Crippen LogP contribution in [0.25, 0.3) is 11.2 Å². The summed E-state index contributed by atoms with van der Waals surface area (Å²) in [6, 6.07) is 8.68. The zero-order chi connectivity index (χ0) is 21.2. The van der Waals surface area contributed by atoms with E-state index in [1.54, 1.807) is 0 Å². The number of anilines is 3. The zero-order valence-corrected chi connectivity index (χ0v) is 20.7. The summed E-state index contributed by atoms with van der Waals surface area (Å²) in [5.74, 6) is 1.26. The topological polar surface area (TPSA) is 106 Å². The number of nitrogens with one attached hydrogen (secondary N) is 3. The maximum atomic E-state index is 6.29. The monoisotopic (exact) mass is 512 g/mol. The number of para-hydroxylation sites is 1. The van der Waals surface area contributed by atoms with Gasteiger partial charge in [0.2, 0.25) is 5.95 Å². The molecule has 11 heteroatoms. The Kier molecular flexibility index (Phi) is 8.87. The molecule has 0 radical (unpaired) electrons. The summed E-state index contributed by atoms with van der Waals surface area (Å²) in [5, 5.41) is 4.17. The largest absolute Gasteiger partial charge is 0.351 e. The molecule has 0 atom stereocenters. The van der Waals surface area contributed by atoms with Crippen molar-refractivity contribution in [3.63, 3.8) is 0 Å². The minimum atomic E-state index is 0. The highest BCUT2D eigenvalue weighted by molar-refractivity contribution is 6.33. The van der Waals surface area contributed by atoms with E-state index in [1.165, 1.54) is 25.7 Å². The van der Waals surface area contributed by atoms with Gasteiger partial charge in [0.1, 0.15) is 0 Å². The Morgan fingerprint density at radius 1 is 0.939 bits per heavy atom. The van der Waals surface area contributed by atoms with Gasteiger partial charge in [0, 0.05) is 18.1 Å². The second-order valence-corrected chi connectivity index (χ2v) is 9.05. The van der Waals surface area contributed by atoms with Crippen LogP contribution in [-0.4, -0.2) is 31.6 Å². The first kappa shape index (κ1) is 25.6. The second kappa shape index (κ2) is 11.4. The second-order valence-electron chi connectivity index (χ2n) is 8.64. The van der Waals surface area contributed by atoms with Gasteiger partial charge in [-0.25, -0.2) is 4.98 Å². The molecule has 0 unspecified atom stereocenters. The van der Waals surface area contributed by atoms with Crippen LogP contribution < -0.4 is 21.9 Å². The summed E-state index contributed by atoms with van der Waals surface area (Å²) in [4.78, 5) is 14.3. The van der Waals surface area contributed by atoms with Crippen molar-refractivity contribution in [2.45, 2.75) is 69.5 Å². The van der Waals surface area contributed by atoms with Crippen LogP contribution in [0.5, 0.6) is 0 Å². The summed E-state index contributed by atoms with van der Waals surface area (Å²) < 4.78 is 2.21. The molecule has 1 aromatic carbocycles. The van der Waals surface area contributed by atoms with E-state index in [4.69, 9.17) is 27.3 Å². The first-order valence-corrected chi connectivity index (χ1v) is 11.6. The maximum Gasteiger partial charge on any atom is 0.227 e. The molecule has 2 aromatic heterocycles. The van der Waals surface area contributed by atoms with Crippen molar-refractivity contribution in [1.29, 1.82) is 0 Å². The molecule has 3 aromatic rings. The Morgan fingerprint density at radius 2 is 1.67 bits per heavy atom. The highest BCUT2D eigenvalue weighted by atomic mass is 35.5. The molecule has 2 fully saturated rings. The Labute approximate surface area is 211 Å². The molecule has 0 spiro atoms. The van der Waals surface area contributed by atoms with Crippen LogP contribution in [0.15, 0.2) is 30.6 Å². The Morgan fingerprint density at radius 3 is 2.39 bits per heavy atom. The van der Waals surface area contributed by atoms with Gasteiger partial charge in [-0.05, 0) is 50.7 Å². The predicted octanol–water partition coefficient (Wildman–Crippen LogP) is 5.56. The average Bonchev–Trinajstić information content (AvgIpc) is 3.44. The number of rotatable bonds is 6. The van der Waals surface area contributed by atoms with E-state index in [2.05, 4.69) is 25.7 Å². The predicted molar refractivity (Wildman–Crippen MR) is 140 cm³/mol. The number of benzene rings is 1. The first-order chi connectivity index (χ1) is 15.2. The summed E-state index contributed by atoms with van der Waals surface area (Å²) in [6.45, 7) is 0. The first-order valence-electron chi connectivity index (χ1n) is 11.2. The number of aromatic nitrogens is 4. The van der Waals surface area contributed by atoms with Crippen molar-refractivity contribution in [1.82, 2.24) is 19.5 Å². The molecule has 5 N–H and O–H groups in total. The van der Waals surface area contributed by atoms with Crippen molar-refractivity contribution in [3.05, 3.63) is 35.6 Å². The van der Waals surface area contributed by atoms with Crippen LogP contribution in [0.1, 0.15) is 57.4 Å². The molecule has 2 aliphatic carbocycles. The quantitative estimate of drug-likeness (QED) is 0.320. The summed E-state index contributed by atoms with van der Waals surface area (Å²) >= 11 is 6.29. The van der Waals surface area contributed by atoms with Crippen molar-refractivity contribution in [2.75, 3.05) is 16.2 Å². The molecule has 0 aliphatic heterocycles. The molecule has 2 heterocycles. The van der Waals surface area contributed by atoms with Gasteiger partial charge < -0.3 is 15.6 Å². The third-order valence-corrected chi connectivity index (χ3v) is 6.76. The molecule has 0 saturated heterocycles. The molecule has 8 nitrogen and oxygen atoms in total. The minimum Gasteiger partial charge on any atom is -0.351 e. The number of nitrogens with zero attached hydrogens (tertiary/aromatic N) is 4. The van der Waals surface area contributed by atoms with Crippen LogP contribution in [0.3, 0.4) is 0 Å². The summed E-state index contributed by atoms with van der Waals surface area (Å²) in [7, 11) is 0. The Hall–Kier alpha value is -2.00. The lowest BCUT2D eigenvalue weighted by molar-refractivity contribution is 0.410. The minimum absolute atomic E-state index is 0. The number of hydrogen-bond donors (Lipinski definition) is 4. The van der Waals surface area contributed by atoms with Gasteiger partial charge in [-0.2, -0.15) is 9.97 Å². The molecular weight excluding hydrogens is 483 g/mol. The highest BCUT2D eigenvalue weighted by Gasteiger charge is 2.24. The fourth-order valence-electron chi connectivity index (χ4n) is 4.65. The van der Waals surface area contributed by atoms with E-state index in [0.29, 0.717) is 34.9 Å². The van der Waals surface area contributed by atoms with Gasteiger partial charge in [0.15, 0.2) is 17.0 Å². The zero-order valence-electron chi connectivity index (χ0n) is 18.3. The third-order valence-electron chi connectivity index (χ3n) is 6.43. The molecule has 2 saturated carbocycles. The summed E-state index contributed by atoms with van der Waals surface area (Å²) in [5.41, 5.74) is 14.8. The highest BCUT2D eigenvalue weighted by Crippen LogP contribution is 2.33. The van der Waals surface area contributed by atoms with Crippen LogP contribution in [0.2, 0.25) is 5.02 Å². The number of hydrazine groups is 1. The van der Waals surface area contributed by atoms with Gasteiger partial charge in [-0.1, -0.05) is 36.6 Å². The van der Waals surface area contributed by atoms with E-state index < -0.39 is 0 Å². The van der Waals surface area contributed by atoms with Crippen LogP contribution in [-0.2, 0) is 0 Å². The number of fused-ring (bicyclic) bond motifs is 1. The van der Waals surface area contributed by atoms with Gasteiger partial charge >= 0.3 is 0 Å². The molecule has 0 bridgehead atoms. The van der Waals surface area contributed by atoms with E-state index in [0.717, 1.165) is 42.5 Å². The lowest BCUT2D eigenvalue weighted by atomic mass is 9.92.